The summed E-state index contributed by atoms with van der Waals surface area (Å²) in [6.07, 6.45) is 13.4. The predicted octanol–water partition coefficient (Wildman–Crippen LogP) is 7.22. The Morgan fingerprint density at radius 1 is 0.875 bits per heavy atom. The van der Waals surface area contributed by atoms with Crippen molar-refractivity contribution in [3.8, 4) is 0 Å². The Balaban J connectivity index is 0.000000254. The van der Waals surface area contributed by atoms with E-state index in [1.165, 1.54) is 57.8 Å². The van der Waals surface area contributed by atoms with Crippen LogP contribution in [0.3, 0.4) is 0 Å². The molecule has 2 unspecified atom stereocenters. The van der Waals surface area contributed by atoms with E-state index < -0.39 is 0 Å². The number of hydrogen-bond acceptors (Lipinski definition) is 1. The van der Waals surface area contributed by atoms with Crippen LogP contribution in [0.5, 0.6) is 0 Å². The van der Waals surface area contributed by atoms with Crippen molar-refractivity contribution in [3.63, 3.8) is 0 Å². The highest BCUT2D eigenvalue weighted by atomic mass is 16.3. The van der Waals surface area contributed by atoms with Crippen molar-refractivity contribution in [2.45, 2.75) is 119 Å². The van der Waals surface area contributed by atoms with Crippen LogP contribution in [0, 0.1) is 28.6 Å². The second kappa shape index (κ2) is 9.60. The van der Waals surface area contributed by atoms with Gasteiger partial charge in [-0.2, -0.15) is 0 Å². The lowest BCUT2D eigenvalue weighted by molar-refractivity contribution is -0.0645. The summed E-state index contributed by atoms with van der Waals surface area (Å²) in [4.78, 5) is 0. The Morgan fingerprint density at radius 2 is 1.42 bits per heavy atom. The molecule has 144 valence electrons. The number of rotatable bonds is 5. The third-order valence-corrected chi connectivity index (χ3v) is 7.21. The fraction of sp³-hybridized carbons (Fsp3) is 1.00. The summed E-state index contributed by atoms with van der Waals surface area (Å²) in [5.74, 6) is 2.17. The van der Waals surface area contributed by atoms with Crippen LogP contribution < -0.4 is 0 Å². The Kier molecular flexibility index (Phi) is 8.80. The van der Waals surface area contributed by atoms with Crippen LogP contribution >= 0.6 is 0 Å². The lowest BCUT2D eigenvalue weighted by Crippen LogP contribution is -2.44. The molecule has 0 heterocycles. The molecule has 2 aliphatic carbocycles. The maximum atomic E-state index is 10.4. The van der Waals surface area contributed by atoms with Gasteiger partial charge < -0.3 is 5.11 Å². The normalized spacial score (nSPS) is 23.9. The standard InChI is InChI=1S/C13H26O.C10H20/c1-5-9-13(4,10(2)3)12(14)11-7-6-8-11;1-10(2,3)9-7-5-4-6-8-9/h10-12,14H,5-9H2,1-4H3;9H,4-8H2,1-3H3. The molecule has 1 N–H and O–H groups in total. The monoisotopic (exact) mass is 338 g/mol. The van der Waals surface area contributed by atoms with E-state index in [1.54, 1.807) is 0 Å². The minimum Gasteiger partial charge on any atom is -0.392 e. The summed E-state index contributed by atoms with van der Waals surface area (Å²) in [6.45, 7) is 16.1. The molecule has 2 aliphatic rings. The van der Waals surface area contributed by atoms with Gasteiger partial charge in [-0.1, -0.05) is 80.6 Å². The topological polar surface area (TPSA) is 20.2 Å². The Bertz CT molecular complexity index is 330. The molecule has 0 aromatic carbocycles. The minimum absolute atomic E-state index is 0.0730. The van der Waals surface area contributed by atoms with E-state index in [4.69, 9.17) is 0 Å². The summed E-state index contributed by atoms with van der Waals surface area (Å²) in [6, 6.07) is 0. The zero-order valence-electron chi connectivity index (χ0n) is 17.8. The molecule has 0 aromatic heterocycles. The molecule has 0 radical (unpaired) electrons. The Labute approximate surface area is 153 Å². The van der Waals surface area contributed by atoms with E-state index in [-0.39, 0.29) is 11.5 Å². The van der Waals surface area contributed by atoms with Gasteiger partial charge in [-0.25, -0.2) is 0 Å². The highest BCUT2D eigenvalue weighted by Gasteiger charge is 2.41. The van der Waals surface area contributed by atoms with Gasteiger partial charge in [0.05, 0.1) is 6.10 Å². The minimum atomic E-state index is -0.0730. The van der Waals surface area contributed by atoms with E-state index in [0.717, 1.165) is 12.3 Å². The lowest BCUT2D eigenvalue weighted by Gasteiger charge is -2.45. The van der Waals surface area contributed by atoms with Crippen molar-refractivity contribution in [2.75, 3.05) is 0 Å². The van der Waals surface area contributed by atoms with Crippen molar-refractivity contribution in [3.05, 3.63) is 0 Å². The molecule has 2 fully saturated rings. The van der Waals surface area contributed by atoms with Crippen molar-refractivity contribution in [1.82, 2.24) is 0 Å². The van der Waals surface area contributed by atoms with Gasteiger partial charge in [-0.3, -0.25) is 0 Å². The van der Waals surface area contributed by atoms with Crippen LogP contribution in [0.4, 0.5) is 0 Å². The number of aliphatic hydroxyl groups is 1. The Hall–Kier alpha value is -0.0400. The molecule has 2 saturated carbocycles. The summed E-state index contributed by atoms with van der Waals surface area (Å²) in [5.41, 5.74) is 0.709. The molecule has 0 saturated heterocycles. The van der Waals surface area contributed by atoms with E-state index in [9.17, 15) is 5.11 Å². The zero-order chi connectivity index (χ0) is 18.4. The van der Waals surface area contributed by atoms with E-state index in [1.807, 2.05) is 0 Å². The largest absolute Gasteiger partial charge is 0.392 e. The first kappa shape index (κ1) is 22.0. The Morgan fingerprint density at radius 3 is 1.71 bits per heavy atom. The maximum Gasteiger partial charge on any atom is 0.0624 e. The summed E-state index contributed by atoms with van der Waals surface area (Å²) >= 11 is 0. The van der Waals surface area contributed by atoms with Crippen LogP contribution in [0.15, 0.2) is 0 Å². The molecule has 1 nitrogen and oxygen atoms in total. The van der Waals surface area contributed by atoms with Crippen molar-refractivity contribution < 1.29 is 5.11 Å². The average Bonchev–Trinajstić information content (AvgIpc) is 2.46. The summed E-state index contributed by atoms with van der Waals surface area (Å²) in [5, 5.41) is 10.4. The molecule has 24 heavy (non-hydrogen) atoms. The van der Waals surface area contributed by atoms with Gasteiger partial charge in [0.15, 0.2) is 0 Å². The molecule has 1 heteroatoms. The second-order valence-electron chi connectivity index (χ2n) is 10.2. The first-order chi connectivity index (χ1) is 11.1. The molecule has 0 bridgehead atoms. The fourth-order valence-electron chi connectivity index (χ4n) is 4.58. The van der Waals surface area contributed by atoms with Crippen LogP contribution in [-0.2, 0) is 0 Å². The van der Waals surface area contributed by atoms with Gasteiger partial charge in [0.2, 0.25) is 0 Å². The first-order valence-corrected chi connectivity index (χ1v) is 10.8. The predicted molar refractivity (Wildman–Crippen MR) is 107 cm³/mol. The van der Waals surface area contributed by atoms with Crippen molar-refractivity contribution in [2.24, 2.45) is 28.6 Å². The number of aliphatic hydroxyl groups excluding tert-OH is 1. The molecular weight excluding hydrogens is 292 g/mol. The van der Waals surface area contributed by atoms with Gasteiger partial charge in [0.25, 0.3) is 0 Å². The SMILES string of the molecule is CC(C)(C)C1CCCCC1.CCCC(C)(C(C)C)C(O)C1CCC1. The molecular formula is C23H46O. The van der Waals surface area contributed by atoms with Crippen LogP contribution in [0.2, 0.25) is 0 Å². The van der Waals surface area contributed by atoms with Gasteiger partial charge >= 0.3 is 0 Å². The van der Waals surface area contributed by atoms with Crippen LogP contribution in [-0.4, -0.2) is 11.2 Å². The highest BCUT2D eigenvalue weighted by Crippen LogP contribution is 2.44. The smallest absolute Gasteiger partial charge is 0.0624 e. The van der Waals surface area contributed by atoms with Crippen molar-refractivity contribution in [1.29, 1.82) is 0 Å². The lowest BCUT2D eigenvalue weighted by atomic mass is 9.63. The van der Waals surface area contributed by atoms with Gasteiger partial charge in [0.1, 0.15) is 0 Å². The zero-order valence-corrected chi connectivity index (χ0v) is 17.8. The van der Waals surface area contributed by atoms with Crippen molar-refractivity contribution >= 4 is 0 Å². The average molecular weight is 339 g/mol. The van der Waals surface area contributed by atoms with Crippen LogP contribution in [0.25, 0.3) is 0 Å². The van der Waals surface area contributed by atoms with Gasteiger partial charge in [-0.05, 0) is 60.7 Å². The molecule has 0 aliphatic heterocycles. The number of hydrogen-bond donors (Lipinski definition) is 1. The third kappa shape index (κ3) is 6.04. The van der Waals surface area contributed by atoms with Crippen LogP contribution in [0.1, 0.15) is 113 Å². The third-order valence-electron chi connectivity index (χ3n) is 7.21. The van der Waals surface area contributed by atoms with E-state index in [2.05, 4.69) is 48.5 Å². The van der Waals surface area contributed by atoms with E-state index in [0.29, 0.717) is 17.3 Å². The first-order valence-electron chi connectivity index (χ1n) is 10.8. The quantitative estimate of drug-likeness (QED) is 0.561. The van der Waals surface area contributed by atoms with E-state index >= 15 is 0 Å². The molecule has 0 aromatic rings. The maximum absolute atomic E-state index is 10.4. The molecule has 2 atom stereocenters. The molecule has 2 rings (SSSR count). The van der Waals surface area contributed by atoms with Gasteiger partial charge in [0, 0.05) is 0 Å². The summed E-state index contributed by atoms with van der Waals surface area (Å²) in [7, 11) is 0. The molecule has 0 amide bonds. The fourth-order valence-corrected chi connectivity index (χ4v) is 4.58. The van der Waals surface area contributed by atoms with Gasteiger partial charge in [-0.15, -0.1) is 0 Å². The second-order valence-corrected chi connectivity index (χ2v) is 10.2. The summed E-state index contributed by atoms with van der Waals surface area (Å²) < 4.78 is 0. The highest BCUT2D eigenvalue weighted by molar-refractivity contribution is 4.91. The molecule has 0 spiro atoms.